The van der Waals surface area contributed by atoms with Gasteiger partial charge >= 0.3 is 5.97 Å². The lowest BCUT2D eigenvalue weighted by molar-refractivity contribution is -0.145. The highest BCUT2D eigenvalue weighted by atomic mass is 79.9. The van der Waals surface area contributed by atoms with Gasteiger partial charge in [0.15, 0.2) is 0 Å². The monoisotopic (exact) mass is 313 g/mol. The van der Waals surface area contributed by atoms with Gasteiger partial charge in [0.1, 0.15) is 12.4 Å². The summed E-state index contributed by atoms with van der Waals surface area (Å²) in [7, 11) is 1.43. The fourth-order valence-corrected chi connectivity index (χ4v) is 2.91. The lowest BCUT2D eigenvalue weighted by Crippen LogP contribution is -2.16. The first-order chi connectivity index (χ1) is 8.67. The van der Waals surface area contributed by atoms with Gasteiger partial charge in [-0.3, -0.25) is 4.79 Å². The van der Waals surface area contributed by atoms with Crippen LogP contribution in [0.3, 0.4) is 0 Å². The molecule has 18 heavy (non-hydrogen) atoms. The number of halogens is 1. The highest BCUT2D eigenvalue weighted by Gasteiger charge is 2.30. The molecule has 0 amide bonds. The lowest BCUT2D eigenvalue weighted by atomic mass is 10.1. The highest BCUT2D eigenvalue weighted by Crippen LogP contribution is 2.38. The average Bonchev–Trinajstić information content (AvgIpc) is 2.82. The lowest BCUT2D eigenvalue weighted by Gasteiger charge is -2.10. The van der Waals surface area contributed by atoms with Crippen molar-refractivity contribution in [3.05, 3.63) is 27.7 Å². The van der Waals surface area contributed by atoms with Crippen molar-refractivity contribution < 1.29 is 14.3 Å². The Balaban J connectivity index is 2.20. The van der Waals surface area contributed by atoms with Crippen LogP contribution in [0.1, 0.15) is 11.1 Å². The number of methoxy groups -OCH3 is 1. The molecule has 0 spiro atoms. The van der Waals surface area contributed by atoms with E-state index in [0.717, 1.165) is 22.2 Å². The summed E-state index contributed by atoms with van der Waals surface area (Å²) in [5.41, 5.74) is 7.73. The van der Waals surface area contributed by atoms with Crippen molar-refractivity contribution in [3.63, 3.8) is 0 Å². The highest BCUT2D eigenvalue weighted by molar-refractivity contribution is 9.10. The van der Waals surface area contributed by atoms with Gasteiger partial charge in [-0.1, -0.05) is 6.07 Å². The largest absolute Gasteiger partial charge is 0.491 e. The molecule has 0 bridgehead atoms. The fourth-order valence-electron chi connectivity index (χ4n) is 2.25. The molecular weight excluding hydrogens is 298 g/mol. The molecule has 0 radical (unpaired) electrons. The van der Waals surface area contributed by atoms with E-state index in [1.807, 2.05) is 12.1 Å². The van der Waals surface area contributed by atoms with Gasteiger partial charge in [0.05, 0.1) is 17.5 Å². The predicted molar refractivity (Wildman–Crippen MR) is 71.6 cm³/mol. The van der Waals surface area contributed by atoms with Crippen molar-refractivity contribution in [2.75, 3.05) is 20.3 Å². The molecule has 1 aromatic rings. The Labute approximate surface area is 115 Å². The summed E-state index contributed by atoms with van der Waals surface area (Å²) >= 11 is 3.54. The summed E-state index contributed by atoms with van der Waals surface area (Å²) in [6, 6.07) is 3.92. The number of esters is 1. The Morgan fingerprint density at radius 2 is 2.28 bits per heavy atom. The van der Waals surface area contributed by atoms with Crippen LogP contribution in [-0.4, -0.2) is 26.2 Å². The van der Waals surface area contributed by atoms with Gasteiger partial charge in [0.25, 0.3) is 0 Å². The SMILES string of the molecule is COC(=O)C1Cc2ccc(OCCN)c(Br)c2C1. The van der Waals surface area contributed by atoms with Crippen LogP contribution in [0.4, 0.5) is 0 Å². The number of nitrogens with two attached hydrogens (primary N) is 1. The topological polar surface area (TPSA) is 61.5 Å². The third-order valence-electron chi connectivity index (χ3n) is 3.13. The molecule has 0 saturated carbocycles. The number of hydrogen-bond acceptors (Lipinski definition) is 4. The number of benzene rings is 1. The van der Waals surface area contributed by atoms with Gasteiger partial charge in [0, 0.05) is 6.54 Å². The minimum absolute atomic E-state index is 0.0777. The minimum atomic E-state index is -0.150. The maximum absolute atomic E-state index is 11.6. The maximum atomic E-state index is 11.6. The van der Waals surface area contributed by atoms with Gasteiger partial charge in [-0.15, -0.1) is 0 Å². The molecule has 1 unspecified atom stereocenters. The number of hydrogen-bond donors (Lipinski definition) is 1. The number of rotatable bonds is 4. The zero-order chi connectivity index (χ0) is 13.1. The first-order valence-electron chi connectivity index (χ1n) is 5.88. The molecule has 2 rings (SSSR count). The molecule has 4 nitrogen and oxygen atoms in total. The van der Waals surface area contributed by atoms with Crippen LogP contribution in [0.25, 0.3) is 0 Å². The quantitative estimate of drug-likeness (QED) is 0.859. The van der Waals surface area contributed by atoms with E-state index in [2.05, 4.69) is 15.9 Å². The van der Waals surface area contributed by atoms with Crippen molar-refractivity contribution in [1.82, 2.24) is 0 Å². The van der Waals surface area contributed by atoms with Crippen LogP contribution < -0.4 is 10.5 Å². The molecule has 1 aliphatic carbocycles. The van der Waals surface area contributed by atoms with Crippen molar-refractivity contribution >= 4 is 21.9 Å². The van der Waals surface area contributed by atoms with E-state index >= 15 is 0 Å². The Morgan fingerprint density at radius 3 is 2.94 bits per heavy atom. The Morgan fingerprint density at radius 1 is 1.50 bits per heavy atom. The number of carbonyl (C=O) groups is 1. The normalized spacial score (nSPS) is 17.4. The molecule has 5 heteroatoms. The van der Waals surface area contributed by atoms with Gasteiger partial charge < -0.3 is 15.2 Å². The first-order valence-corrected chi connectivity index (χ1v) is 6.67. The molecular formula is C13H16BrNO3. The Kier molecular flexibility index (Phi) is 4.24. The third kappa shape index (κ3) is 2.52. The molecule has 1 atom stereocenters. The van der Waals surface area contributed by atoms with Gasteiger partial charge in [-0.25, -0.2) is 0 Å². The van der Waals surface area contributed by atoms with E-state index < -0.39 is 0 Å². The molecule has 2 N–H and O–H groups in total. The first kappa shape index (κ1) is 13.4. The van der Waals surface area contributed by atoms with E-state index in [9.17, 15) is 4.79 Å². The summed E-state index contributed by atoms with van der Waals surface area (Å²) in [5.74, 6) is 0.554. The second-order valence-corrected chi connectivity index (χ2v) is 5.07. The zero-order valence-electron chi connectivity index (χ0n) is 10.2. The number of fused-ring (bicyclic) bond motifs is 1. The van der Waals surface area contributed by atoms with Crippen LogP contribution in [0, 0.1) is 5.92 Å². The standard InChI is InChI=1S/C13H16BrNO3/c1-17-13(16)9-6-8-2-3-11(18-5-4-15)12(14)10(8)7-9/h2-3,9H,4-7,15H2,1H3. The summed E-state index contributed by atoms with van der Waals surface area (Å²) < 4.78 is 11.3. The molecule has 1 aromatic carbocycles. The van der Waals surface area contributed by atoms with E-state index in [4.69, 9.17) is 15.2 Å². The summed E-state index contributed by atoms with van der Waals surface area (Å²) in [4.78, 5) is 11.6. The predicted octanol–water partition coefficient (Wildman–Crippen LogP) is 1.67. The number of ether oxygens (including phenoxy) is 2. The molecule has 0 saturated heterocycles. The minimum Gasteiger partial charge on any atom is -0.491 e. The average molecular weight is 314 g/mol. The van der Waals surface area contributed by atoms with Crippen LogP contribution in [0.2, 0.25) is 0 Å². The molecule has 1 aliphatic rings. The van der Waals surface area contributed by atoms with Crippen molar-refractivity contribution in [3.8, 4) is 5.75 Å². The number of carbonyl (C=O) groups excluding carboxylic acids is 1. The summed E-state index contributed by atoms with van der Waals surface area (Å²) in [5, 5.41) is 0. The van der Waals surface area contributed by atoms with Gasteiger partial charge in [-0.2, -0.15) is 0 Å². The van der Waals surface area contributed by atoms with Crippen molar-refractivity contribution in [1.29, 1.82) is 0 Å². The molecule has 0 aliphatic heterocycles. The summed E-state index contributed by atoms with van der Waals surface area (Å²) in [6.07, 6.45) is 1.43. The summed E-state index contributed by atoms with van der Waals surface area (Å²) in [6.45, 7) is 0.964. The van der Waals surface area contributed by atoms with E-state index in [1.54, 1.807) is 0 Å². The smallest absolute Gasteiger partial charge is 0.309 e. The van der Waals surface area contributed by atoms with Gasteiger partial charge in [0.2, 0.25) is 0 Å². The molecule has 0 fully saturated rings. The van der Waals surface area contributed by atoms with Crippen molar-refractivity contribution in [2.24, 2.45) is 11.7 Å². The van der Waals surface area contributed by atoms with E-state index in [-0.39, 0.29) is 11.9 Å². The van der Waals surface area contributed by atoms with Crippen LogP contribution >= 0.6 is 15.9 Å². The second-order valence-electron chi connectivity index (χ2n) is 4.28. The molecule has 0 heterocycles. The van der Waals surface area contributed by atoms with E-state index in [1.165, 1.54) is 12.7 Å². The van der Waals surface area contributed by atoms with Crippen LogP contribution in [-0.2, 0) is 22.4 Å². The Bertz CT molecular complexity index is 462. The fraction of sp³-hybridized carbons (Fsp3) is 0.462. The molecule has 0 aromatic heterocycles. The second kappa shape index (κ2) is 5.71. The maximum Gasteiger partial charge on any atom is 0.309 e. The molecule has 98 valence electrons. The Hall–Kier alpha value is -1.07. The van der Waals surface area contributed by atoms with Crippen LogP contribution in [0.15, 0.2) is 16.6 Å². The van der Waals surface area contributed by atoms with Gasteiger partial charge in [-0.05, 0) is 46.0 Å². The zero-order valence-corrected chi connectivity index (χ0v) is 11.8. The van der Waals surface area contributed by atoms with Crippen LogP contribution in [0.5, 0.6) is 5.75 Å². The van der Waals surface area contributed by atoms with Crippen molar-refractivity contribution in [2.45, 2.75) is 12.8 Å². The third-order valence-corrected chi connectivity index (χ3v) is 4.00. The van der Waals surface area contributed by atoms with E-state index in [0.29, 0.717) is 19.6 Å².